The highest BCUT2D eigenvalue weighted by Crippen LogP contribution is 2.31. The largest absolute Gasteiger partial charge is 0.309 e. The van der Waals surface area contributed by atoms with E-state index in [4.69, 9.17) is 0 Å². The van der Waals surface area contributed by atoms with Gasteiger partial charge >= 0.3 is 0 Å². The van der Waals surface area contributed by atoms with Crippen molar-refractivity contribution < 1.29 is 8.42 Å². The summed E-state index contributed by atoms with van der Waals surface area (Å²) in [6.07, 6.45) is 2.18. The van der Waals surface area contributed by atoms with Crippen molar-refractivity contribution in [3.8, 4) is 0 Å². The zero-order valence-electron chi connectivity index (χ0n) is 9.49. The standard InChI is InChI=1S/C10H20N2O2S/c1-10(2)8-12(6-5-11-10)15(13,14)7-9-3-4-9/h9,11H,3-8H2,1-2H3. The lowest BCUT2D eigenvalue weighted by Gasteiger charge is -2.38. The molecule has 1 aliphatic carbocycles. The van der Waals surface area contributed by atoms with E-state index in [9.17, 15) is 8.42 Å². The number of rotatable bonds is 3. The smallest absolute Gasteiger partial charge is 0.214 e. The molecule has 4 nitrogen and oxygen atoms in total. The van der Waals surface area contributed by atoms with E-state index in [0.29, 0.717) is 24.8 Å². The predicted octanol–water partition coefficient (Wildman–Crippen LogP) is 0.410. The van der Waals surface area contributed by atoms with Crippen molar-refractivity contribution in [2.24, 2.45) is 5.92 Å². The molecule has 5 heteroatoms. The van der Waals surface area contributed by atoms with Gasteiger partial charge in [-0.3, -0.25) is 0 Å². The number of hydrogen-bond donors (Lipinski definition) is 1. The number of nitrogens with zero attached hydrogens (tertiary/aromatic N) is 1. The Morgan fingerprint density at radius 2 is 2.07 bits per heavy atom. The molecule has 1 heterocycles. The Morgan fingerprint density at radius 3 is 2.60 bits per heavy atom. The lowest BCUT2D eigenvalue weighted by Crippen LogP contribution is -2.58. The molecular formula is C10H20N2O2S. The molecule has 0 amide bonds. The fraction of sp³-hybridized carbons (Fsp3) is 1.00. The van der Waals surface area contributed by atoms with Crippen LogP contribution >= 0.6 is 0 Å². The molecule has 0 aromatic rings. The second kappa shape index (κ2) is 3.71. The third-order valence-corrected chi connectivity index (χ3v) is 5.06. The van der Waals surface area contributed by atoms with E-state index < -0.39 is 10.0 Å². The molecule has 1 aliphatic heterocycles. The predicted molar refractivity (Wildman–Crippen MR) is 60.2 cm³/mol. The number of sulfonamides is 1. The fourth-order valence-corrected chi connectivity index (χ4v) is 4.05. The Morgan fingerprint density at radius 1 is 1.40 bits per heavy atom. The topological polar surface area (TPSA) is 49.4 Å². The number of nitrogens with one attached hydrogen (secondary N) is 1. The molecule has 15 heavy (non-hydrogen) atoms. The minimum absolute atomic E-state index is 0.0884. The van der Waals surface area contributed by atoms with Gasteiger partial charge in [0.1, 0.15) is 0 Å². The molecule has 0 aromatic heterocycles. The van der Waals surface area contributed by atoms with Crippen molar-refractivity contribution in [3.63, 3.8) is 0 Å². The zero-order valence-corrected chi connectivity index (χ0v) is 10.3. The van der Waals surface area contributed by atoms with Gasteiger partial charge in [-0.1, -0.05) is 0 Å². The van der Waals surface area contributed by atoms with Crippen LogP contribution < -0.4 is 5.32 Å². The summed E-state index contributed by atoms with van der Waals surface area (Å²) in [6, 6.07) is 0. The monoisotopic (exact) mass is 232 g/mol. The maximum Gasteiger partial charge on any atom is 0.214 e. The summed E-state index contributed by atoms with van der Waals surface area (Å²) in [7, 11) is -3.00. The van der Waals surface area contributed by atoms with Gasteiger partial charge in [-0.05, 0) is 32.6 Å². The molecule has 2 rings (SSSR count). The molecule has 2 aliphatic rings. The van der Waals surface area contributed by atoms with Gasteiger partial charge in [0.05, 0.1) is 5.75 Å². The molecule has 88 valence electrons. The molecule has 0 spiro atoms. The Kier molecular flexibility index (Phi) is 2.81. The lowest BCUT2D eigenvalue weighted by molar-refractivity contribution is 0.233. The average Bonchev–Trinajstić information content (AvgIpc) is 2.85. The molecule has 1 saturated heterocycles. The highest BCUT2D eigenvalue weighted by Gasteiger charge is 2.36. The van der Waals surface area contributed by atoms with Crippen LogP contribution in [-0.4, -0.2) is 43.6 Å². The Hall–Kier alpha value is -0.130. The molecular weight excluding hydrogens is 212 g/mol. The van der Waals surface area contributed by atoms with Crippen LogP contribution in [-0.2, 0) is 10.0 Å². The summed E-state index contributed by atoms with van der Waals surface area (Å²) in [5.74, 6) is 0.802. The summed E-state index contributed by atoms with van der Waals surface area (Å²) in [5.41, 5.74) is -0.0884. The van der Waals surface area contributed by atoms with Crippen LogP contribution in [0, 0.1) is 5.92 Å². The van der Waals surface area contributed by atoms with E-state index in [1.54, 1.807) is 4.31 Å². The zero-order chi connectivity index (χ0) is 11.1. The first-order chi connectivity index (χ1) is 6.89. The number of piperazine rings is 1. The van der Waals surface area contributed by atoms with Crippen LogP contribution in [0.2, 0.25) is 0 Å². The normalized spacial score (nSPS) is 27.9. The molecule has 0 bridgehead atoms. The molecule has 1 N–H and O–H groups in total. The van der Waals surface area contributed by atoms with Gasteiger partial charge in [-0.25, -0.2) is 8.42 Å². The third-order valence-electron chi connectivity index (χ3n) is 3.07. The highest BCUT2D eigenvalue weighted by atomic mass is 32.2. The van der Waals surface area contributed by atoms with E-state index in [0.717, 1.165) is 19.4 Å². The van der Waals surface area contributed by atoms with Crippen molar-refractivity contribution in [1.29, 1.82) is 0 Å². The maximum absolute atomic E-state index is 12.0. The summed E-state index contributed by atoms with van der Waals surface area (Å²) >= 11 is 0. The van der Waals surface area contributed by atoms with Crippen LogP contribution in [0.1, 0.15) is 26.7 Å². The van der Waals surface area contributed by atoms with Crippen molar-refractivity contribution in [3.05, 3.63) is 0 Å². The van der Waals surface area contributed by atoms with E-state index in [1.165, 1.54) is 0 Å². The van der Waals surface area contributed by atoms with Gasteiger partial charge in [0.15, 0.2) is 0 Å². The van der Waals surface area contributed by atoms with E-state index in [1.807, 2.05) is 13.8 Å². The SMILES string of the molecule is CC1(C)CN(S(=O)(=O)CC2CC2)CCN1. The molecule has 0 atom stereocenters. The van der Waals surface area contributed by atoms with Crippen LogP contribution in [0.15, 0.2) is 0 Å². The van der Waals surface area contributed by atoms with Crippen molar-refractivity contribution >= 4 is 10.0 Å². The summed E-state index contributed by atoms with van der Waals surface area (Å²) in [4.78, 5) is 0. The minimum Gasteiger partial charge on any atom is -0.309 e. The number of hydrogen-bond acceptors (Lipinski definition) is 3. The van der Waals surface area contributed by atoms with Gasteiger partial charge < -0.3 is 5.32 Å². The van der Waals surface area contributed by atoms with Gasteiger partial charge in [0.2, 0.25) is 10.0 Å². The molecule has 0 unspecified atom stereocenters. The van der Waals surface area contributed by atoms with E-state index in [2.05, 4.69) is 5.32 Å². The molecule has 2 fully saturated rings. The Bertz CT molecular complexity index is 333. The first-order valence-electron chi connectivity index (χ1n) is 5.62. The van der Waals surface area contributed by atoms with Crippen LogP contribution in [0.25, 0.3) is 0 Å². The van der Waals surface area contributed by atoms with Gasteiger partial charge in [-0.2, -0.15) is 4.31 Å². The average molecular weight is 232 g/mol. The second-order valence-corrected chi connectivity index (χ2v) is 7.38. The van der Waals surface area contributed by atoms with Crippen molar-refractivity contribution in [1.82, 2.24) is 9.62 Å². The first kappa shape index (κ1) is 11.4. The van der Waals surface area contributed by atoms with Crippen molar-refractivity contribution in [2.75, 3.05) is 25.4 Å². The highest BCUT2D eigenvalue weighted by molar-refractivity contribution is 7.89. The second-order valence-electron chi connectivity index (χ2n) is 5.37. The van der Waals surface area contributed by atoms with E-state index in [-0.39, 0.29) is 5.54 Å². The summed E-state index contributed by atoms with van der Waals surface area (Å²) < 4.78 is 25.7. The van der Waals surface area contributed by atoms with Crippen molar-refractivity contribution in [2.45, 2.75) is 32.2 Å². The summed E-state index contributed by atoms with van der Waals surface area (Å²) in [5, 5.41) is 3.32. The minimum atomic E-state index is -3.00. The van der Waals surface area contributed by atoms with Gasteiger partial charge in [0, 0.05) is 25.2 Å². The van der Waals surface area contributed by atoms with Gasteiger partial charge in [-0.15, -0.1) is 0 Å². The van der Waals surface area contributed by atoms with Crippen LogP contribution in [0.4, 0.5) is 0 Å². The van der Waals surface area contributed by atoms with E-state index >= 15 is 0 Å². The third kappa shape index (κ3) is 2.92. The quantitative estimate of drug-likeness (QED) is 0.767. The molecule has 0 aromatic carbocycles. The van der Waals surface area contributed by atoms with Crippen LogP contribution in [0.3, 0.4) is 0 Å². The first-order valence-corrected chi connectivity index (χ1v) is 7.23. The van der Waals surface area contributed by atoms with Gasteiger partial charge in [0.25, 0.3) is 0 Å². The fourth-order valence-electron chi connectivity index (χ4n) is 2.02. The lowest BCUT2D eigenvalue weighted by atomic mass is 10.0. The Labute approximate surface area is 92.1 Å². The molecule has 0 radical (unpaired) electrons. The summed E-state index contributed by atoms with van der Waals surface area (Å²) in [6.45, 7) is 6.08. The van der Waals surface area contributed by atoms with Crippen LogP contribution in [0.5, 0.6) is 0 Å². The maximum atomic E-state index is 12.0. The Balaban J connectivity index is 2.02. The molecule has 1 saturated carbocycles.